The van der Waals surface area contributed by atoms with E-state index in [4.69, 9.17) is 15.9 Å². The van der Waals surface area contributed by atoms with Gasteiger partial charge in [-0.1, -0.05) is 13.3 Å². The van der Waals surface area contributed by atoms with Crippen LogP contribution in [0.5, 0.6) is 0 Å². The molecule has 0 amide bonds. The van der Waals surface area contributed by atoms with Gasteiger partial charge in [-0.3, -0.25) is 4.79 Å². The molecular formula is C14H19F3O3. The molecule has 0 aromatic carbocycles. The Balaban J connectivity index is 2.71. The molecule has 0 saturated carbocycles. The number of unbranched alkanes of at least 4 members (excludes halogenated alkanes) is 1. The molecule has 0 N–H and O–H groups in total. The molecule has 0 aromatic rings. The van der Waals surface area contributed by atoms with Crippen LogP contribution >= 0.6 is 0 Å². The fourth-order valence-electron chi connectivity index (χ4n) is 2.35. The number of rotatable bonds is 7. The molecule has 1 atom stereocenters. The normalized spacial score (nSPS) is 18.8. The zero-order valence-electron chi connectivity index (χ0n) is 11.5. The fourth-order valence-corrected chi connectivity index (χ4v) is 2.35. The van der Waals surface area contributed by atoms with Gasteiger partial charge in [0.05, 0.1) is 18.6 Å². The average Bonchev–Trinajstić information content (AvgIpc) is 2.30. The van der Waals surface area contributed by atoms with Crippen LogP contribution < -0.4 is 0 Å². The fraction of sp³-hybridized carbons (Fsp3) is 0.786. The van der Waals surface area contributed by atoms with E-state index in [1.54, 1.807) is 6.92 Å². The Morgan fingerprint density at radius 2 is 2.15 bits per heavy atom. The third-order valence-corrected chi connectivity index (χ3v) is 3.33. The second-order valence-electron chi connectivity index (χ2n) is 5.07. The molecule has 1 aliphatic heterocycles. The highest BCUT2D eigenvalue weighted by molar-refractivity contribution is 5.69. The Hall–Kier alpha value is -1.22. The average molecular weight is 292 g/mol. The standard InChI is InChI=1S/C14H19F3O3/c1-3-5-6-7-11(18)20-12(14(15,16)17)13(8-4-2)9-19-10-13/h1,12H,4-10H2,2H3. The summed E-state index contributed by atoms with van der Waals surface area (Å²) in [5.41, 5.74) is -1.13. The molecule has 0 radical (unpaired) electrons. The van der Waals surface area contributed by atoms with Gasteiger partial charge in [0.25, 0.3) is 0 Å². The van der Waals surface area contributed by atoms with Crippen LogP contribution in [0, 0.1) is 17.8 Å². The van der Waals surface area contributed by atoms with Crippen molar-refractivity contribution in [3.63, 3.8) is 0 Å². The summed E-state index contributed by atoms with van der Waals surface area (Å²) in [6, 6.07) is 0. The molecular weight excluding hydrogens is 273 g/mol. The molecule has 1 unspecified atom stereocenters. The molecule has 1 heterocycles. The van der Waals surface area contributed by atoms with Gasteiger partial charge in [0.2, 0.25) is 6.10 Å². The number of hydrogen-bond donors (Lipinski definition) is 0. The lowest BCUT2D eigenvalue weighted by Crippen LogP contribution is -2.58. The minimum Gasteiger partial charge on any atom is -0.452 e. The largest absolute Gasteiger partial charge is 0.452 e. The summed E-state index contributed by atoms with van der Waals surface area (Å²) < 4.78 is 49.1. The van der Waals surface area contributed by atoms with Crippen molar-refractivity contribution in [1.82, 2.24) is 0 Å². The Morgan fingerprint density at radius 3 is 2.55 bits per heavy atom. The minimum absolute atomic E-state index is 0.0251. The lowest BCUT2D eigenvalue weighted by molar-refractivity contribution is -0.292. The quantitative estimate of drug-likeness (QED) is 0.411. The van der Waals surface area contributed by atoms with Crippen molar-refractivity contribution in [2.75, 3.05) is 13.2 Å². The van der Waals surface area contributed by atoms with Crippen LogP contribution in [0.4, 0.5) is 13.2 Å². The second-order valence-corrected chi connectivity index (χ2v) is 5.07. The van der Waals surface area contributed by atoms with Crippen molar-refractivity contribution in [1.29, 1.82) is 0 Å². The molecule has 0 bridgehead atoms. The minimum atomic E-state index is -4.58. The number of ether oxygens (including phenoxy) is 2. The van der Waals surface area contributed by atoms with Gasteiger partial charge >= 0.3 is 12.1 Å². The van der Waals surface area contributed by atoms with Crippen LogP contribution in [0.25, 0.3) is 0 Å². The lowest BCUT2D eigenvalue weighted by atomic mass is 9.75. The molecule has 0 aromatic heterocycles. The zero-order chi connectivity index (χ0) is 15.2. The molecule has 1 fully saturated rings. The number of carbonyl (C=O) groups is 1. The monoisotopic (exact) mass is 292 g/mol. The summed E-state index contributed by atoms with van der Waals surface area (Å²) >= 11 is 0. The van der Waals surface area contributed by atoms with Crippen LogP contribution in [0.2, 0.25) is 0 Å². The van der Waals surface area contributed by atoms with Crippen molar-refractivity contribution in [2.24, 2.45) is 5.41 Å². The smallest absolute Gasteiger partial charge is 0.426 e. The molecule has 1 saturated heterocycles. The maximum Gasteiger partial charge on any atom is 0.426 e. The number of hydrogen-bond acceptors (Lipinski definition) is 3. The van der Waals surface area contributed by atoms with Crippen molar-refractivity contribution in [3.8, 4) is 12.3 Å². The number of alkyl halides is 3. The van der Waals surface area contributed by atoms with E-state index >= 15 is 0 Å². The lowest BCUT2D eigenvalue weighted by Gasteiger charge is -2.46. The van der Waals surface area contributed by atoms with E-state index in [9.17, 15) is 18.0 Å². The van der Waals surface area contributed by atoms with Crippen LogP contribution in [0.1, 0.15) is 39.0 Å². The maximum absolute atomic E-state index is 13.1. The van der Waals surface area contributed by atoms with Crippen LogP contribution in [0.15, 0.2) is 0 Å². The number of halogens is 3. The van der Waals surface area contributed by atoms with Crippen LogP contribution in [0.3, 0.4) is 0 Å². The Morgan fingerprint density at radius 1 is 1.50 bits per heavy atom. The SMILES string of the molecule is C#CCCCC(=O)OC(C(F)(F)F)C1(CCC)COC1. The zero-order valence-corrected chi connectivity index (χ0v) is 11.5. The van der Waals surface area contributed by atoms with Gasteiger partial charge < -0.3 is 9.47 Å². The van der Waals surface area contributed by atoms with E-state index in [2.05, 4.69) is 5.92 Å². The van der Waals surface area contributed by atoms with Gasteiger partial charge in [-0.15, -0.1) is 12.3 Å². The maximum atomic E-state index is 13.1. The summed E-state index contributed by atoms with van der Waals surface area (Å²) in [4.78, 5) is 11.5. The summed E-state index contributed by atoms with van der Waals surface area (Å²) in [5.74, 6) is 1.47. The van der Waals surface area contributed by atoms with E-state index in [1.807, 2.05) is 0 Å². The van der Waals surface area contributed by atoms with Gasteiger partial charge in [0.1, 0.15) is 0 Å². The number of esters is 1. The van der Waals surface area contributed by atoms with Crippen molar-refractivity contribution < 1.29 is 27.4 Å². The van der Waals surface area contributed by atoms with Crippen LogP contribution in [-0.2, 0) is 14.3 Å². The number of terminal acetylenes is 1. The van der Waals surface area contributed by atoms with E-state index < -0.39 is 23.7 Å². The molecule has 0 aliphatic carbocycles. The number of carbonyl (C=O) groups excluding carboxylic acids is 1. The Bertz CT molecular complexity index is 367. The third-order valence-electron chi connectivity index (χ3n) is 3.33. The molecule has 114 valence electrons. The van der Waals surface area contributed by atoms with E-state index in [0.29, 0.717) is 25.7 Å². The van der Waals surface area contributed by atoms with E-state index in [1.165, 1.54) is 0 Å². The first-order valence-electron chi connectivity index (χ1n) is 6.63. The van der Waals surface area contributed by atoms with Crippen molar-refractivity contribution in [3.05, 3.63) is 0 Å². The van der Waals surface area contributed by atoms with Crippen LogP contribution in [-0.4, -0.2) is 31.5 Å². The highest BCUT2D eigenvalue weighted by Gasteiger charge is 2.59. The van der Waals surface area contributed by atoms with Gasteiger partial charge in [0, 0.05) is 12.8 Å². The second kappa shape index (κ2) is 6.98. The summed E-state index contributed by atoms with van der Waals surface area (Å²) in [7, 11) is 0. The Labute approximate surface area is 116 Å². The molecule has 0 spiro atoms. The van der Waals surface area contributed by atoms with E-state index in [-0.39, 0.29) is 19.6 Å². The predicted molar refractivity (Wildman–Crippen MR) is 66.8 cm³/mol. The first-order valence-corrected chi connectivity index (χ1v) is 6.63. The molecule has 3 nitrogen and oxygen atoms in total. The summed E-state index contributed by atoms with van der Waals surface area (Å²) in [6.07, 6.45) is -0.188. The van der Waals surface area contributed by atoms with Gasteiger partial charge in [-0.05, 0) is 12.8 Å². The molecule has 1 rings (SSSR count). The first kappa shape index (κ1) is 16.8. The predicted octanol–water partition coefficient (Wildman–Crippen LogP) is 3.08. The molecule has 1 aliphatic rings. The van der Waals surface area contributed by atoms with Crippen molar-refractivity contribution in [2.45, 2.75) is 51.3 Å². The van der Waals surface area contributed by atoms with Gasteiger partial charge in [0.15, 0.2) is 0 Å². The van der Waals surface area contributed by atoms with Crippen molar-refractivity contribution >= 4 is 5.97 Å². The highest BCUT2D eigenvalue weighted by Crippen LogP contribution is 2.45. The molecule has 6 heteroatoms. The summed E-state index contributed by atoms with van der Waals surface area (Å²) in [6.45, 7) is 1.74. The topological polar surface area (TPSA) is 35.5 Å². The summed E-state index contributed by atoms with van der Waals surface area (Å²) in [5, 5.41) is 0. The molecule has 20 heavy (non-hydrogen) atoms. The highest BCUT2D eigenvalue weighted by atomic mass is 19.4. The third kappa shape index (κ3) is 4.14. The Kier molecular flexibility index (Phi) is 5.88. The van der Waals surface area contributed by atoms with E-state index in [0.717, 1.165) is 0 Å². The van der Waals surface area contributed by atoms with Gasteiger partial charge in [-0.25, -0.2) is 0 Å². The van der Waals surface area contributed by atoms with Gasteiger partial charge in [-0.2, -0.15) is 13.2 Å². The first-order chi connectivity index (χ1) is 9.35.